The predicted molar refractivity (Wildman–Crippen MR) is 32.7 cm³/mol. The molecule has 0 aromatic carbocycles. The van der Waals surface area contributed by atoms with Crippen LogP contribution in [0.4, 0.5) is 0 Å². The smallest absolute Gasteiger partial charge is 0.154 e. The predicted octanol–water partition coefficient (Wildman–Crippen LogP) is -0.0614. The number of aromatic nitrogens is 4. The maximum atomic E-state index is 3.74. The highest BCUT2D eigenvalue weighted by Gasteiger charge is 1.95. The average molecular weight is 124 g/mol. The van der Waals surface area contributed by atoms with Crippen molar-refractivity contribution < 1.29 is 0 Å². The van der Waals surface area contributed by atoms with Gasteiger partial charge < -0.3 is 0 Å². The van der Waals surface area contributed by atoms with E-state index in [0.717, 1.165) is 12.2 Å². The molecule has 4 heteroatoms. The number of aryl methyl sites for hydroxylation is 1. The topological polar surface area (TPSA) is 43.6 Å². The second kappa shape index (κ2) is 2.39. The molecule has 1 rings (SSSR count). The fourth-order valence-corrected chi connectivity index (χ4v) is 0.550. The molecule has 0 atom stereocenters. The van der Waals surface area contributed by atoms with E-state index in [1.807, 2.05) is 0 Å². The molecule has 0 N–H and O–H groups in total. The molecule has 0 radical (unpaired) electrons. The van der Waals surface area contributed by atoms with Crippen LogP contribution in [0.5, 0.6) is 0 Å². The highest BCUT2D eigenvalue weighted by molar-refractivity contribution is 4.88. The number of hydrogen-bond donors (Lipinski definition) is 0. The van der Waals surface area contributed by atoms with Gasteiger partial charge in [0.2, 0.25) is 0 Å². The van der Waals surface area contributed by atoms with Gasteiger partial charge in [0.1, 0.15) is 0 Å². The highest BCUT2D eigenvalue weighted by Crippen LogP contribution is 1.88. The van der Waals surface area contributed by atoms with Crippen molar-refractivity contribution >= 4 is 0 Å². The van der Waals surface area contributed by atoms with Crippen molar-refractivity contribution in [3.05, 3.63) is 18.5 Å². The summed E-state index contributed by atoms with van der Waals surface area (Å²) in [6.07, 6.45) is 2.50. The summed E-state index contributed by atoms with van der Waals surface area (Å²) in [4.78, 5) is 0. The van der Waals surface area contributed by atoms with Crippen LogP contribution in [-0.4, -0.2) is 20.2 Å². The van der Waals surface area contributed by atoms with E-state index in [9.17, 15) is 0 Å². The van der Waals surface area contributed by atoms with Crippen LogP contribution in [0, 0.1) is 0 Å². The van der Waals surface area contributed by atoms with E-state index < -0.39 is 0 Å². The summed E-state index contributed by atoms with van der Waals surface area (Å²) in [6.45, 7) is 3.57. The van der Waals surface area contributed by atoms with Gasteiger partial charge in [-0.25, -0.2) is 4.68 Å². The molecular weight excluding hydrogens is 116 g/mol. The number of tetrazole rings is 1. The van der Waals surface area contributed by atoms with E-state index in [1.54, 1.807) is 17.8 Å². The van der Waals surface area contributed by atoms with Gasteiger partial charge in [-0.3, -0.25) is 0 Å². The van der Waals surface area contributed by atoms with Crippen molar-refractivity contribution in [1.29, 1.82) is 0 Å². The minimum Gasteiger partial charge on any atom is -0.232 e. The molecule has 1 aromatic heterocycles. The van der Waals surface area contributed by atoms with Gasteiger partial charge >= 0.3 is 0 Å². The molecule has 0 unspecified atom stereocenters. The molecule has 0 aliphatic heterocycles. The molecule has 0 amide bonds. The van der Waals surface area contributed by atoms with Crippen LogP contribution >= 0.6 is 0 Å². The van der Waals surface area contributed by atoms with Crippen LogP contribution in [-0.2, 0) is 13.5 Å². The van der Waals surface area contributed by atoms with Crippen molar-refractivity contribution in [1.82, 2.24) is 20.2 Å². The van der Waals surface area contributed by atoms with Gasteiger partial charge in [0.25, 0.3) is 0 Å². The van der Waals surface area contributed by atoms with Crippen LogP contribution in [0.15, 0.2) is 12.7 Å². The molecule has 0 saturated carbocycles. The molecule has 48 valence electrons. The van der Waals surface area contributed by atoms with E-state index in [1.165, 1.54) is 0 Å². The van der Waals surface area contributed by atoms with Crippen molar-refractivity contribution in [2.45, 2.75) is 6.42 Å². The molecule has 1 aromatic rings. The van der Waals surface area contributed by atoms with Crippen LogP contribution < -0.4 is 0 Å². The minimum absolute atomic E-state index is 0.726. The maximum absolute atomic E-state index is 3.74. The number of nitrogens with zero attached hydrogens (tertiary/aromatic N) is 4. The van der Waals surface area contributed by atoms with Crippen LogP contribution in [0.2, 0.25) is 0 Å². The molecule has 0 saturated heterocycles. The average Bonchev–Trinajstić information content (AvgIpc) is 2.18. The van der Waals surface area contributed by atoms with Crippen molar-refractivity contribution in [2.24, 2.45) is 7.05 Å². The normalized spacial score (nSPS) is 9.44. The fourth-order valence-electron chi connectivity index (χ4n) is 0.550. The second-order valence-corrected chi connectivity index (χ2v) is 1.71. The van der Waals surface area contributed by atoms with Gasteiger partial charge in [0, 0.05) is 13.5 Å². The zero-order chi connectivity index (χ0) is 6.69. The van der Waals surface area contributed by atoms with E-state index in [2.05, 4.69) is 22.1 Å². The summed E-state index contributed by atoms with van der Waals surface area (Å²) < 4.78 is 1.63. The summed E-state index contributed by atoms with van der Waals surface area (Å²) in [5, 5.41) is 10.8. The minimum atomic E-state index is 0.726. The first kappa shape index (κ1) is 5.94. The van der Waals surface area contributed by atoms with E-state index in [-0.39, 0.29) is 0 Å². The third-order valence-electron chi connectivity index (χ3n) is 1.03. The fraction of sp³-hybridized carbons (Fsp3) is 0.400. The summed E-state index contributed by atoms with van der Waals surface area (Å²) >= 11 is 0. The summed E-state index contributed by atoms with van der Waals surface area (Å²) in [7, 11) is 1.80. The quantitative estimate of drug-likeness (QED) is 0.519. The van der Waals surface area contributed by atoms with Gasteiger partial charge in [-0.1, -0.05) is 6.08 Å². The lowest BCUT2D eigenvalue weighted by Crippen LogP contribution is -1.97. The van der Waals surface area contributed by atoms with Gasteiger partial charge in [-0.05, 0) is 10.4 Å². The molecule has 0 fully saturated rings. The number of hydrogen-bond acceptors (Lipinski definition) is 3. The zero-order valence-electron chi connectivity index (χ0n) is 5.28. The lowest BCUT2D eigenvalue weighted by atomic mass is 10.4. The number of allylic oxidation sites excluding steroid dienone is 1. The van der Waals surface area contributed by atoms with Gasteiger partial charge in [-0.15, -0.1) is 11.7 Å². The highest BCUT2D eigenvalue weighted by atomic mass is 15.5. The maximum Gasteiger partial charge on any atom is 0.154 e. The van der Waals surface area contributed by atoms with Crippen LogP contribution in [0.3, 0.4) is 0 Å². The van der Waals surface area contributed by atoms with Gasteiger partial charge in [0.05, 0.1) is 0 Å². The van der Waals surface area contributed by atoms with Crippen molar-refractivity contribution in [2.75, 3.05) is 0 Å². The Balaban J connectivity index is 2.80. The number of rotatable bonds is 2. The zero-order valence-corrected chi connectivity index (χ0v) is 5.28. The summed E-state index contributed by atoms with van der Waals surface area (Å²) in [5.74, 6) is 0.838. The lowest BCUT2D eigenvalue weighted by Gasteiger charge is -1.88. The first-order chi connectivity index (χ1) is 4.34. The summed E-state index contributed by atoms with van der Waals surface area (Å²) in [5.41, 5.74) is 0. The van der Waals surface area contributed by atoms with E-state index in [0.29, 0.717) is 0 Å². The Kier molecular flexibility index (Phi) is 1.58. The Hall–Kier alpha value is -1.19. The molecular formula is C5H8N4. The third-order valence-corrected chi connectivity index (χ3v) is 1.03. The Morgan fingerprint density at radius 1 is 1.78 bits per heavy atom. The molecule has 0 aliphatic rings. The van der Waals surface area contributed by atoms with Gasteiger partial charge in [0.15, 0.2) is 5.82 Å². The molecule has 9 heavy (non-hydrogen) atoms. The Morgan fingerprint density at radius 2 is 2.56 bits per heavy atom. The Bertz CT molecular complexity index is 202. The Labute approximate surface area is 53.2 Å². The molecule has 0 aliphatic carbocycles. The second-order valence-electron chi connectivity index (χ2n) is 1.71. The van der Waals surface area contributed by atoms with Gasteiger partial charge in [-0.2, -0.15) is 0 Å². The Morgan fingerprint density at radius 3 is 3.00 bits per heavy atom. The summed E-state index contributed by atoms with van der Waals surface area (Å²) in [6, 6.07) is 0. The SMILES string of the molecule is C=CCc1nnnn1C. The van der Waals surface area contributed by atoms with E-state index >= 15 is 0 Å². The lowest BCUT2D eigenvalue weighted by molar-refractivity contribution is 0.688. The third kappa shape index (κ3) is 1.13. The van der Waals surface area contributed by atoms with Crippen LogP contribution in [0.1, 0.15) is 5.82 Å². The first-order valence-corrected chi connectivity index (χ1v) is 2.66. The van der Waals surface area contributed by atoms with E-state index in [4.69, 9.17) is 0 Å². The molecule has 0 bridgehead atoms. The van der Waals surface area contributed by atoms with Crippen molar-refractivity contribution in [3.63, 3.8) is 0 Å². The largest absolute Gasteiger partial charge is 0.232 e. The molecule has 1 heterocycles. The van der Waals surface area contributed by atoms with Crippen molar-refractivity contribution in [3.8, 4) is 0 Å². The molecule has 0 spiro atoms. The monoisotopic (exact) mass is 124 g/mol. The first-order valence-electron chi connectivity index (χ1n) is 2.66. The molecule has 4 nitrogen and oxygen atoms in total. The standard InChI is InChI=1S/C5H8N4/c1-3-4-5-6-7-8-9(5)2/h3H,1,4H2,2H3. The van der Waals surface area contributed by atoms with Crippen LogP contribution in [0.25, 0.3) is 0 Å².